The number of rotatable bonds is 4. The van der Waals surface area contributed by atoms with Gasteiger partial charge in [0.1, 0.15) is 23.6 Å². The lowest BCUT2D eigenvalue weighted by Gasteiger charge is -2.15. The van der Waals surface area contributed by atoms with Gasteiger partial charge in [0.2, 0.25) is 0 Å². The maximum atomic E-state index is 12.5. The van der Waals surface area contributed by atoms with Crippen LogP contribution in [0, 0.1) is 11.3 Å². The second-order valence-corrected chi connectivity index (χ2v) is 3.65. The van der Waals surface area contributed by atoms with Gasteiger partial charge in [0, 0.05) is 0 Å². The molecule has 1 aromatic heterocycles. The van der Waals surface area contributed by atoms with E-state index in [1.54, 1.807) is 13.0 Å². The van der Waals surface area contributed by atoms with E-state index in [4.69, 9.17) is 10.4 Å². The number of carboxylic acid groups (broad SMARTS) is 1. The normalized spacial score (nSPS) is 12.6. The summed E-state index contributed by atoms with van der Waals surface area (Å²) in [4.78, 5) is 14.1. The van der Waals surface area contributed by atoms with E-state index in [2.05, 4.69) is 10.3 Å². The van der Waals surface area contributed by atoms with Crippen LogP contribution in [0.5, 0.6) is 0 Å². The first-order valence-corrected chi connectivity index (χ1v) is 5.27. The predicted molar refractivity (Wildman–Crippen MR) is 59.3 cm³/mol. The number of aromatic nitrogens is 1. The van der Waals surface area contributed by atoms with Crippen LogP contribution < -0.4 is 5.32 Å². The van der Waals surface area contributed by atoms with E-state index >= 15 is 0 Å². The first-order valence-electron chi connectivity index (χ1n) is 5.27. The Morgan fingerprint density at radius 1 is 1.58 bits per heavy atom. The van der Waals surface area contributed by atoms with Gasteiger partial charge in [0.25, 0.3) is 0 Å². The number of hydrogen-bond donors (Lipinski definition) is 2. The minimum atomic E-state index is -4.66. The Hall–Kier alpha value is -2.30. The maximum absolute atomic E-state index is 12.5. The van der Waals surface area contributed by atoms with Crippen LogP contribution in [0.2, 0.25) is 0 Å². The second-order valence-electron chi connectivity index (χ2n) is 3.65. The van der Waals surface area contributed by atoms with Gasteiger partial charge in [-0.3, -0.25) is 0 Å². The Morgan fingerprint density at radius 2 is 2.21 bits per heavy atom. The molecule has 0 amide bonds. The summed E-state index contributed by atoms with van der Waals surface area (Å²) in [5, 5.41) is 19.9. The molecule has 0 radical (unpaired) electrons. The van der Waals surface area contributed by atoms with Crippen molar-refractivity contribution in [2.24, 2.45) is 0 Å². The molecule has 5 nitrogen and oxygen atoms in total. The van der Waals surface area contributed by atoms with Gasteiger partial charge in [-0.05, 0) is 18.6 Å². The van der Waals surface area contributed by atoms with Crippen molar-refractivity contribution in [3.8, 4) is 6.07 Å². The highest BCUT2D eigenvalue weighted by Gasteiger charge is 2.33. The Balaban J connectivity index is 3.17. The molecule has 0 spiro atoms. The minimum absolute atomic E-state index is 0.137. The van der Waals surface area contributed by atoms with Crippen molar-refractivity contribution < 1.29 is 23.1 Å². The fourth-order valence-corrected chi connectivity index (χ4v) is 1.32. The molecule has 0 aliphatic heterocycles. The number of halogens is 3. The summed E-state index contributed by atoms with van der Waals surface area (Å²) >= 11 is 0. The quantitative estimate of drug-likeness (QED) is 0.878. The van der Waals surface area contributed by atoms with Crippen LogP contribution in [-0.4, -0.2) is 22.1 Å². The monoisotopic (exact) mass is 273 g/mol. The fraction of sp³-hybridized carbons (Fsp3) is 0.364. The molecule has 102 valence electrons. The van der Waals surface area contributed by atoms with E-state index in [1.807, 2.05) is 0 Å². The molecule has 0 fully saturated rings. The zero-order valence-electron chi connectivity index (χ0n) is 9.82. The summed E-state index contributed by atoms with van der Waals surface area (Å²) < 4.78 is 37.5. The highest BCUT2D eigenvalue weighted by Crippen LogP contribution is 2.29. The lowest BCUT2D eigenvalue weighted by molar-refractivity contribution is -0.141. The Morgan fingerprint density at radius 3 is 2.63 bits per heavy atom. The average Bonchev–Trinajstić information content (AvgIpc) is 2.34. The first kappa shape index (κ1) is 14.8. The molecule has 1 aromatic rings. The Bertz CT molecular complexity index is 523. The number of hydrogen-bond acceptors (Lipinski definition) is 4. The molecule has 1 atom stereocenters. The summed E-state index contributed by atoms with van der Waals surface area (Å²) in [6, 6.07) is 2.17. The van der Waals surface area contributed by atoms with E-state index < -0.39 is 23.9 Å². The molecule has 0 aliphatic rings. The van der Waals surface area contributed by atoms with Gasteiger partial charge in [-0.1, -0.05) is 6.92 Å². The number of anilines is 1. The molecular formula is C11H10F3N3O2. The molecule has 0 aromatic carbocycles. The highest BCUT2D eigenvalue weighted by molar-refractivity contribution is 5.77. The molecule has 2 N–H and O–H groups in total. The van der Waals surface area contributed by atoms with Crippen LogP contribution in [0.4, 0.5) is 19.0 Å². The average molecular weight is 273 g/mol. The molecule has 0 bridgehead atoms. The Labute approximate surface area is 106 Å². The van der Waals surface area contributed by atoms with Crippen LogP contribution in [0.25, 0.3) is 0 Å². The largest absolute Gasteiger partial charge is 0.480 e. The van der Waals surface area contributed by atoms with Gasteiger partial charge in [-0.25, -0.2) is 9.78 Å². The number of alkyl halides is 3. The lowest BCUT2D eigenvalue weighted by Crippen LogP contribution is -2.29. The van der Waals surface area contributed by atoms with Crippen molar-refractivity contribution in [1.82, 2.24) is 4.98 Å². The predicted octanol–water partition coefficient (Wildman–Crippen LogP) is 2.25. The number of carbonyl (C=O) groups is 1. The van der Waals surface area contributed by atoms with Gasteiger partial charge in [0.05, 0.1) is 5.56 Å². The summed E-state index contributed by atoms with van der Waals surface area (Å²) in [6.45, 7) is 1.55. The van der Waals surface area contributed by atoms with Crippen molar-refractivity contribution in [1.29, 1.82) is 5.26 Å². The van der Waals surface area contributed by atoms with Crippen LogP contribution in [0.3, 0.4) is 0 Å². The molecule has 0 saturated heterocycles. The summed E-state index contributed by atoms with van der Waals surface area (Å²) in [5.74, 6) is -1.61. The molecule has 0 saturated carbocycles. The van der Waals surface area contributed by atoms with Crippen molar-refractivity contribution in [2.45, 2.75) is 25.6 Å². The number of nitrogens with zero attached hydrogens (tertiary/aromatic N) is 2. The van der Waals surface area contributed by atoms with Crippen molar-refractivity contribution >= 4 is 11.8 Å². The number of nitrogens with one attached hydrogen (secondary N) is 1. The number of carboxylic acids is 1. The lowest BCUT2D eigenvalue weighted by atomic mass is 10.2. The summed E-state index contributed by atoms with van der Waals surface area (Å²) in [5.41, 5.74) is -1.33. The second kappa shape index (κ2) is 5.56. The molecular weight excluding hydrogens is 263 g/mol. The molecule has 1 heterocycles. The Kier molecular flexibility index (Phi) is 4.32. The summed E-state index contributed by atoms with van der Waals surface area (Å²) in [6.07, 6.45) is -4.52. The first-order chi connectivity index (χ1) is 8.79. The maximum Gasteiger partial charge on any atom is 0.433 e. The minimum Gasteiger partial charge on any atom is -0.480 e. The van der Waals surface area contributed by atoms with Crippen LogP contribution in [0.15, 0.2) is 12.1 Å². The molecule has 1 rings (SSSR count). The van der Waals surface area contributed by atoms with Gasteiger partial charge >= 0.3 is 12.1 Å². The van der Waals surface area contributed by atoms with E-state index in [1.165, 1.54) is 0 Å². The molecule has 8 heteroatoms. The van der Waals surface area contributed by atoms with Crippen molar-refractivity contribution in [3.05, 3.63) is 23.4 Å². The number of aliphatic carboxylic acids is 1. The van der Waals surface area contributed by atoms with E-state index in [9.17, 15) is 18.0 Å². The topological polar surface area (TPSA) is 86.0 Å². The molecule has 19 heavy (non-hydrogen) atoms. The smallest absolute Gasteiger partial charge is 0.433 e. The van der Waals surface area contributed by atoms with Crippen LogP contribution >= 0.6 is 0 Å². The zero-order chi connectivity index (χ0) is 14.6. The fourth-order valence-electron chi connectivity index (χ4n) is 1.32. The van der Waals surface area contributed by atoms with Gasteiger partial charge < -0.3 is 10.4 Å². The van der Waals surface area contributed by atoms with Gasteiger partial charge in [-0.2, -0.15) is 18.4 Å². The van der Waals surface area contributed by atoms with Crippen LogP contribution in [0.1, 0.15) is 24.6 Å². The number of pyridine rings is 1. The summed E-state index contributed by atoms with van der Waals surface area (Å²) in [7, 11) is 0. The van der Waals surface area contributed by atoms with E-state index in [-0.39, 0.29) is 17.8 Å². The van der Waals surface area contributed by atoms with E-state index in [0.717, 1.165) is 6.07 Å². The third-order valence-electron chi connectivity index (χ3n) is 2.32. The third kappa shape index (κ3) is 3.58. The van der Waals surface area contributed by atoms with Gasteiger partial charge in [0.15, 0.2) is 0 Å². The van der Waals surface area contributed by atoms with Crippen molar-refractivity contribution in [2.75, 3.05) is 5.32 Å². The SMILES string of the molecule is CCC(Nc1nc(C(F)(F)F)ccc1C#N)C(=O)O. The number of nitriles is 1. The standard InChI is InChI=1S/C11H10F3N3O2/c1-2-7(10(18)19)16-9-6(5-15)3-4-8(17-9)11(12,13)14/h3-4,7H,2H2,1H3,(H,16,17)(H,18,19). The highest BCUT2D eigenvalue weighted by atomic mass is 19.4. The third-order valence-corrected chi connectivity index (χ3v) is 2.32. The van der Waals surface area contributed by atoms with Crippen molar-refractivity contribution in [3.63, 3.8) is 0 Å². The van der Waals surface area contributed by atoms with E-state index in [0.29, 0.717) is 6.07 Å². The zero-order valence-corrected chi connectivity index (χ0v) is 9.82. The van der Waals surface area contributed by atoms with Gasteiger partial charge in [-0.15, -0.1) is 0 Å². The van der Waals surface area contributed by atoms with Crippen LogP contribution in [-0.2, 0) is 11.0 Å². The molecule has 0 aliphatic carbocycles. The molecule has 1 unspecified atom stereocenters.